The molecular weight excluding hydrogens is 344 g/mol. The van der Waals surface area contributed by atoms with Gasteiger partial charge in [0.25, 0.3) is 0 Å². The molecule has 1 aromatic rings. The van der Waals surface area contributed by atoms with Gasteiger partial charge < -0.3 is 0 Å². The molecule has 5 rings (SSSR count). The SMILES string of the molecule is CC12CCC3C(CCC4=CC(=O)CCC43C)C1CC(=Cc1ccccc1)C2=O. The summed E-state index contributed by atoms with van der Waals surface area (Å²) in [5.74, 6) is 2.41. The van der Waals surface area contributed by atoms with Gasteiger partial charge in [0.05, 0.1) is 0 Å². The molecule has 2 heteroatoms. The first-order valence-electron chi connectivity index (χ1n) is 11.0. The number of allylic oxidation sites excluding steroid dienone is 2. The van der Waals surface area contributed by atoms with Crippen molar-refractivity contribution in [3.05, 3.63) is 53.1 Å². The Kier molecular flexibility index (Phi) is 4.05. The van der Waals surface area contributed by atoms with E-state index in [2.05, 4.69) is 32.1 Å². The van der Waals surface area contributed by atoms with Crippen LogP contribution in [0.4, 0.5) is 0 Å². The fourth-order valence-corrected chi connectivity index (χ4v) is 7.11. The Morgan fingerprint density at radius 2 is 1.71 bits per heavy atom. The lowest BCUT2D eigenvalue weighted by molar-refractivity contribution is -0.130. The van der Waals surface area contributed by atoms with E-state index >= 15 is 0 Å². The van der Waals surface area contributed by atoms with Crippen LogP contribution in [0.5, 0.6) is 0 Å². The van der Waals surface area contributed by atoms with Crippen molar-refractivity contribution in [3.8, 4) is 0 Å². The highest BCUT2D eigenvalue weighted by Crippen LogP contribution is 2.65. The van der Waals surface area contributed by atoms with Crippen LogP contribution in [0.2, 0.25) is 0 Å². The van der Waals surface area contributed by atoms with Crippen molar-refractivity contribution in [1.29, 1.82) is 0 Å². The molecule has 0 saturated heterocycles. The first-order chi connectivity index (χ1) is 13.4. The van der Waals surface area contributed by atoms with Crippen LogP contribution >= 0.6 is 0 Å². The number of benzene rings is 1. The molecule has 0 heterocycles. The summed E-state index contributed by atoms with van der Waals surface area (Å²) in [7, 11) is 0. The first-order valence-corrected chi connectivity index (χ1v) is 11.0. The van der Waals surface area contributed by atoms with Crippen LogP contribution in [-0.4, -0.2) is 11.6 Å². The highest BCUT2D eigenvalue weighted by Gasteiger charge is 2.60. The van der Waals surface area contributed by atoms with Gasteiger partial charge in [-0.1, -0.05) is 49.8 Å². The summed E-state index contributed by atoms with van der Waals surface area (Å²) in [6.45, 7) is 4.64. The molecule has 4 aliphatic rings. The predicted octanol–water partition coefficient (Wildman–Crippen LogP) is 5.78. The van der Waals surface area contributed by atoms with Crippen molar-refractivity contribution in [1.82, 2.24) is 0 Å². The van der Waals surface area contributed by atoms with Gasteiger partial charge in [0.1, 0.15) is 0 Å². The summed E-state index contributed by atoms with van der Waals surface area (Å²) in [6, 6.07) is 10.3. The molecule has 5 unspecified atom stereocenters. The molecule has 0 N–H and O–H groups in total. The molecule has 1 aromatic carbocycles. The summed E-state index contributed by atoms with van der Waals surface area (Å²) in [4.78, 5) is 25.4. The summed E-state index contributed by atoms with van der Waals surface area (Å²) in [5, 5.41) is 0. The summed E-state index contributed by atoms with van der Waals surface area (Å²) < 4.78 is 0. The average Bonchev–Trinajstić information content (AvgIpc) is 2.94. The van der Waals surface area contributed by atoms with Crippen LogP contribution in [-0.2, 0) is 9.59 Å². The number of Topliss-reactive ketones (excluding diaryl/α,β-unsaturated/α-hetero) is 1. The molecule has 3 fully saturated rings. The van der Waals surface area contributed by atoms with Crippen LogP contribution in [0.15, 0.2) is 47.6 Å². The molecule has 0 aromatic heterocycles. The molecule has 2 nitrogen and oxygen atoms in total. The van der Waals surface area contributed by atoms with Crippen LogP contribution in [0.3, 0.4) is 0 Å². The quantitative estimate of drug-likeness (QED) is 0.584. The zero-order valence-corrected chi connectivity index (χ0v) is 17.0. The molecular formula is C26H30O2. The standard InChI is InChI=1S/C26H30O2/c1-25-12-10-20(27)16-19(25)8-9-21-22(25)11-13-26(2)23(21)15-18(24(26)28)14-17-6-4-3-5-7-17/h3-7,14,16,21-23H,8-13,15H2,1-2H3. The lowest BCUT2D eigenvalue weighted by Gasteiger charge is -2.56. The minimum Gasteiger partial charge on any atom is -0.295 e. The largest absolute Gasteiger partial charge is 0.295 e. The second-order valence-electron chi connectivity index (χ2n) is 10.0. The maximum atomic E-state index is 13.4. The van der Waals surface area contributed by atoms with Gasteiger partial charge >= 0.3 is 0 Å². The number of hydrogen-bond acceptors (Lipinski definition) is 2. The van der Waals surface area contributed by atoms with Gasteiger partial charge in [-0.3, -0.25) is 9.59 Å². The number of hydrogen-bond donors (Lipinski definition) is 0. The molecule has 0 radical (unpaired) electrons. The third-order valence-electron chi connectivity index (χ3n) is 8.74. The second kappa shape index (κ2) is 6.27. The highest BCUT2D eigenvalue weighted by atomic mass is 16.1. The minimum atomic E-state index is -0.191. The normalized spacial score (nSPS) is 41.3. The van der Waals surface area contributed by atoms with E-state index in [1.54, 1.807) is 0 Å². The average molecular weight is 375 g/mol. The molecule has 0 bridgehead atoms. The van der Waals surface area contributed by atoms with Crippen molar-refractivity contribution >= 4 is 17.6 Å². The molecule has 0 aliphatic heterocycles. The Bertz CT molecular complexity index is 892. The van der Waals surface area contributed by atoms with Gasteiger partial charge in [-0.15, -0.1) is 0 Å². The third kappa shape index (κ3) is 2.53. The van der Waals surface area contributed by atoms with E-state index in [4.69, 9.17) is 0 Å². The monoisotopic (exact) mass is 374 g/mol. The molecule has 4 aliphatic carbocycles. The van der Waals surface area contributed by atoms with E-state index in [0.29, 0.717) is 35.7 Å². The van der Waals surface area contributed by atoms with E-state index in [-0.39, 0.29) is 10.8 Å². The lowest BCUT2D eigenvalue weighted by atomic mass is 9.47. The Hall–Kier alpha value is -1.96. The molecule has 146 valence electrons. The Balaban J connectivity index is 1.49. The Morgan fingerprint density at radius 3 is 2.50 bits per heavy atom. The maximum Gasteiger partial charge on any atom is 0.165 e. The number of rotatable bonds is 1. The smallest absolute Gasteiger partial charge is 0.165 e. The van der Waals surface area contributed by atoms with Crippen LogP contribution in [0, 0.1) is 28.6 Å². The zero-order chi connectivity index (χ0) is 19.5. The van der Waals surface area contributed by atoms with Gasteiger partial charge in [-0.05, 0) is 85.0 Å². The highest BCUT2D eigenvalue weighted by molar-refractivity contribution is 6.06. The van der Waals surface area contributed by atoms with Gasteiger partial charge in [0, 0.05) is 11.8 Å². The molecule has 0 amide bonds. The number of carbonyl (C=O) groups is 2. The Labute approximate surface area is 168 Å². The van der Waals surface area contributed by atoms with E-state index in [9.17, 15) is 9.59 Å². The third-order valence-corrected chi connectivity index (χ3v) is 8.74. The number of fused-ring (bicyclic) bond motifs is 5. The summed E-state index contributed by atoms with van der Waals surface area (Å²) in [6.07, 6.45) is 11.0. The van der Waals surface area contributed by atoms with Crippen molar-refractivity contribution in [2.75, 3.05) is 0 Å². The van der Waals surface area contributed by atoms with Crippen molar-refractivity contribution in [2.24, 2.45) is 28.6 Å². The first kappa shape index (κ1) is 18.1. The van der Waals surface area contributed by atoms with E-state index < -0.39 is 0 Å². The van der Waals surface area contributed by atoms with Gasteiger partial charge in [-0.2, -0.15) is 0 Å². The van der Waals surface area contributed by atoms with E-state index in [1.165, 1.54) is 5.57 Å². The van der Waals surface area contributed by atoms with Crippen molar-refractivity contribution in [3.63, 3.8) is 0 Å². The molecule has 5 atom stereocenters. The lowest BCUT2D eigenvalue weighted by Crippen LogP contribution is -2.50. The van der Waals surface area contributed by atoms with Gasteiger partial charge in [0.15, 0.2) is 11.6 Å². The maximum absolute atomic E-state index is 13.4. The van der Waals surface area contributed by atoms with Crippen molar-refractivity contribution in [2.45, 2.75) is 58.8 Å². The van der Waals surface area contributed by atoms with E-state index in [0.717, 1.165) is 49.7 Å². The Morgan fingerprint density at radius 1 is 0.929 bits per heavy atom. The van der Waals surface area contributed by atoms with Crippen molar-refractivity contribution < 1.29 is 9.59 Å². The summed E-state index contributed by atoms with van der Waals surface area (Å²) in [5.41, 5.74) is 3.55. The van der Waals surface area contributed by atoms with Crippen LogP contribution < -0.4 is 0 Å². The van der Waals surface area contributed by atoms with Crippen LogP contribution in [0.1, 0.15) is 64.4 Å². The molecule has 28 heavy (non-hydrogen) atoms. The van der Waals surface area contributed by atoms with Crippen LogP contribution in [0.25, 0.3) is 6.08 Å². The summed E-state index contributed by atoms with van der Waals surface area (Å²) >= 11 is 0. The molecule has 3 saturated carbocycles. The minimum absolute atomic E-state index is 0.174. The molecule has 0 spiro atoms. The van der Waals surface area contributed by atoms with Gasteiger partial charge in [-0.25, -0.2) is 0 Å². The fraction of sp³-hybridized carbons (Fsp3) is 0.538. The zero-order valence-electron chi connectivity index (χ0n) is 17.0. The predicted molar refractivity (Wildman–Crippen MR) is 112 cm³/mol. The topological polar surface area (TPSA) is 34.1 Å². The van der Waals surface area contributed by atoms with E-state index in [1.807, 2.05) is 24.3 Å². The van der Waals surface area contributed by atoms with Gasteiger partial charge in [0.2, 0.25) is 0 Å². The fourth-order valence-electron chi connectivity index (χ4n) is 7.11. The second-order valence-corrected chi connectivity index (χ2v) is 10.0. The number of ketones is 2. The number of carbonyl (C=O) groups excluding carboxylic acids is 2.